The van der Waals surface area contributed by atoms with Crippen molar-refractivity contribution in [1.82, 2.24) is 0 Å². The maximum absolute atomic E-state index is 13.3. The smallest absolute Gasteiger partial charge is 0.261 e. The van der Waals surface area contributed by atoms with E-state index in [-0.39, 0.29) is 15.8 Å². The van der Waals surface area contributed by atoms with E-state index < -0.39 is 10.0 Å². The number of nitrogens with one attached hydrogen (secondary N) is 3. The number of aryl methyl sites for hydroxylation is 3. The van der Waals surface area contributed by atoms with Gasteiger partial charge < -0.3 is 10.6 Å². The molecule has 3 aromatic rings. The zero-order valence-corrected chi connectivity index (χ0v) is 18.4. The molecule has 0 unspecified atom stereocenters. The predicted octanol–water partition coefficient (Wildman–Crippen LogP) is 5.36. The molecule has 0 heterocycles. The molecule has 156 valence electrons. The fourth-order valence-corrected chi connectivity index (χ4v) is 4.55. The number of hydrogen-bond acceptors (Lipinski definition) is 3. The number of anilines is 3. The molecular formula is C22H22FN3O2S2. The Morgan fingerprint density at radius 1 is 0.867 bits per heavy atom. The van der Waals surface area contributed by atoms with Crippen molar-refractivity contribution in [1.29, 1.82) is 0 Å². The summed E-state index contributed by atoms with van der Waals surface area (Å²) in [5.41, 5.74) is 4.51. The minimum absolute atomic E-state index is 0.136. The molecule has 3 N–H and O–H groups in total. The van der Waals surface area contributed by atoms with Crippen molar-refractivity contribution in [3.05, 3.63) is 83.2 Å². The van der Waals surface area contributed by atoms with Gasteiger partial charge >= 0.3 is 0 Å². The van der Waals surface area contributed by atoms with Crippen molar-refractivity contribution in [3.63, 3.8) is 0 Å². The fraction of sp³-hybridized carbons (Fsp3) is 0.136. The van der Waals surface area contributed by atoms with Crippen LogP contribution in [-0.4, -0.2) is 13.5 Å². The Kier molecular flexibility index (Phi) is 6.38. The SMILES string of the molecule is Cc1cc(C)c(NS(=O)(=O)c2ccc(NC(=S)Nc3cccc(F)c3)cc2)c(C)c1. The first kappa shape index (κ1) is 21.7. The molecule has 8 heteroatoms. The quantitative estimate of drug-likeness (QED) is 0.463. The van der Waals surface area contributed by atoms with Crippen LogP contribution in [0.5, 0.6) is 0 Å². The van der Waals surface area contributed by atoms with E-state index in [1.807, 2.05) is 32.9 Å². The van der Waals surface area contributed by atoms with Crippen molar-refractivity contribution >= 4 is 44.4 Å². The van der Waals surface area contributed by atoms with Crippen molar-refractivity contribution in [2.45, 2.75) is 25.7 Å². The lowest BCUT2D eigenvalue weighted by molar-refractivity contribution is 0.601. The molecular weight excluding hydrogens is 421 g/mol. The first-order valence-electron chi connectivity index (χ1n) is 9.18. The zero-order chi connectivity index (χ0) is 21.9. The van der Waals surface area contributed by atoms with E-state index in [4.69, 9.17) is 12.2 Å². The Morgan fingerprint density at radius 3 is 2.07 bits per heavy atom. The second-order valence-electron chi connectivity index (χ2n) is 6.99. The summed E-state index contributed by atoms with van der Waals surface area (Å²) in [4.78, 5) is 0.136. The summed E-state index contributed by atoms with van der Waals surface area (Å²) < 4.78 is 41.5. The van der Waals surface area contributed by atoms with Crippen LogP contribution in [0.15, 0.2) is 65.6 Å². The fourth-order valence-electron chi connectivity index (χ4n) is 3.11. The third-order valence-corrected chi connectivity index (χ3v) is 5.99. The number of benzene rings is 3. The monoisotopic (exact) mass is 443 g/mol. The summed E-state index contributed by atoms with van der Waals surface area (Å²) in [5.74, 6) is -0.371. The summed E-state index contributed by atoms with van der Waals surface area (Å²) >= 11 is 5.22. The standard InChI is InChI=1S/C22H22FN3O2S2/c1-14-11-15(2)21(16(3)12-14)26-30(27,28)20-9-7-18(8-10-20)24-22(29)25-19-6-4-5-17(23)13-19/h4-13,26H,1-3H3,(H2,24,25,29). The zero-order valence-electron chi connectivity index (χ0n) is 16.8. The highest BCUT2D eigenvalue weighted by molar-refractivity contribution is 7.92. The van der Waals surface area contributed by atoms with Gasteiger partial charge in [0.25, 0.3) is 10.0 Å². The van der Waals surface area contributed by atoms with Crippen LogP contribution in [0.4, 0.5) is 21.5 Å². The van der Waals surface area contributed by atoms with E-state index in [1.165, 1.54) is 24.3 Å². The average Bonchev–Trinajstić information content (AvgIpc) is 2.65. The molecule has 0 amide bonds. The van der Waals surface area contributed by atoms with E-state index in [0.717, 1.165) is 16.7 Å². The highest BCUT2D eigenvalue weighted by atomic mass is 32.2. The van der Waals surface area contributed by atoms with Crippen LogP contribution >= 0.6 is 12.2 Å². The van der Waals surface area contributed by atoms with Crippen LogP contribution in [0, 0.1) is 26.6 Å². The number of sulfonamides is 1. The number of thiocarbonyl (C=S) groups is 1. The van der Waals surface area contributed by atoms with E-state index in [9.17, 15) is 12.8 Å². The van der Waals surface area contributed by atoms with Crippen LogP contribution in [0.25, 0.3) is 0 Å². The molecule has 0 aliphatic carbocycles. The lowest BCUT2D eigenvalue weighted by Gasteiger charge is -2.15. The number of hydrogen-bond donors (Lipinski definition) is 3. The predicted molar refractivity (Wildman–Crippen MR) is 124 cm³/mol. The minimum Gasteiger partial charge on any atom is -0.332 e. The Bertz CT molecular complexity index is 1170. The second-order valence-corrected chi connectivity index (χ2v) is 9.08. The van der Waals surface area contributed by atoms with Gasteiger partial charge in [0.15, 0.2) is 5.11 Å². The van der Waals surface area contributed by atoms with Crippen LogP contribution in [-0.2, 0) is 10.0 Å². The molecule has 0 aliphatic heterocycles. The van der Waals surface area contributed by atoms with Crippen molar-refractivity contribution in [3.8, 4) is 0 Å². The van der Waals surface area contributed by atoms with E-state index in [2.05, 4.69) is 15.4 Å². The first-order valence-corrected chi connectivity index (χ1v) is 11.1. The molecule has 0 saturated heterocycles. The molecule has 30 heavy (non-hydrogen) atoms. The second kappa shape index (κ2) is 8.81. The highest BCUT2D eigenvalue weighted by Gasteiger charge is 2.17. The molecule has 0 fully saturated rings. The normalized spacial score (nSPS) is 11.1. The van der Waals surface area contributed by atoms with Gasteiger partial charge in [0.05, 0.1) is 10.6 Å². The molecule has 0 atom stereocenters. The molecule has 0 bridgehead atoms. The van der Waals surface area contributed by atoms with Crippen LogP contribution < -0.4 is 15.4 Å². The summed E-state index contributed by atoms with van der Waals surface area (Å²) in [6, 6.07) is 16.0. The molecule has 5 nitrogen and oxygen atoms in total. The molecule has 0 radical (unpaired) electrons. The Morgan fingerprint density at radius 2 is 1.47 bits per heavy atom. The van der Waals surface area contributed by atoms with Gasteiger partial charge in [-0.05, 0) is 86.6 Å². The Balaban J connectivity index is 1.71. The van der Waals surface area contributed by atoms with Crippen molar-refractivity contribution in [2.24, 2.45) is 0 Å². The van der Waals surface area contributed by atoms with Gasteiger partial charge in [-0.3, -0.25) is 4.72 Å². The van der Waals surface area contributed by atoms with Gasteiger partial charge in [0.1, 0.15) is 5.82 Å². The van der Waals surface area contributed by atoms with Gasteiger partial charge in [-0.15, -0.1) is 0 Å². The number of rotatable bonds is 5. The van der Waals surface area contributed by atoms with Crippen LogP contribution in [0.2, 0.25) is 0 Å². The van der Waals surface area contributed by atoms with Crippen molar-refractivity contribution < 1.29 is 12.8 Å². The molecule has 0 aromatic heterocycles. The maximum atomic E-state index is 13.3. The average molecular weight is 444 g/mol. The topological polar surface area (TPSA) is 70.2 Å². The Hall–Kier alpha value is -2.97. The number of halogens is 1. The van der Waals surface area contributed by atoms with Gasteiger partial charge in [-0.1, -0.05) is 23.8 Å². The lowest BCUT2D eigenvalue weighted by atomic mass is 10.1. The van der Waals surface area contributed by atoms with Crippen LogP contribution in [0.1, 0.15) is 16.7 Å². The summed E-state index contributed by atoms with van der Waals surface area (Å²) in [6.45, 7) is 5.71. The van der Waals surface area contributed by atoms with Crippen molar-refractivity contribution in [2.75, 3.05) is 15.4 Å². The first-order chi connectivity index (χ1) is 14.1. The van der Waals surface area contributed by atoms with Gasteiger partial charge in [0.2, 0.25) is 0 Å². The van der Waals surface area contributed by atoms with Gasteiger partial charge in [0, 0.05) is 11.4 Å². The van der Waals surface area contributed by atoms with Gasteiger partial charge in [-0.25, -0.2) is 12.8 Å². The van der Waals surface area contributed by atoms with E-state index >= 15 is 0 Å². The van der Waals surface area contributed by atoms with Crippen LogP contribution in [0.3, 0.4) is 0 Å². The van der Waals surface area contributed by atoms with Gasteiger partial charge in [-0.2, -0.15) is 0 Å². The third kappa shape index (κ3) is 5.34. The summed E-state index contributed by atoms with van der Waals surface area (Å²) in [5, 5.41) is 6.08. The minimum atomic E-state index is -3.74. The molecule has 3 rings (SSSR count). The molecule has 0 aliphatic rings. The maximum Gasteiger partial charge on any atom is 0.261 e. The largest absolute Gasteiger partial charge is 0.332 e. The molecule has 0 saturated carbocycles. The molecule has 0 spiro atoms. The highest BCUT2D eigenvalue weighted by Crippen LogP contribution is 2.25. The summed E-state index contributed by atoms with van der Waals surface area (Å²) in [7, 11) is -3.74. The molecule has 3 aromatic carbocycles. The third-order valence-electron chi connectivity index (χ3n) is 4.42. The lowest BCUT2D eigenvalue weighted by Crippen LogP contribution is -2.19. The van der Waals surface area contributed by atoms with E-state index in [1.54, 1.807) is 24.3 Å². The summed E-state index contributed by atoms with van der Waals surface area (Å²) in [6.07, 6.45) is 0. The Labute approximate surface area is 181 Å². The van der Waals surface area contributed by atoms with E-state index in [0.29, 0.717) is 17.1 Å².